The van der Waals surface area contributed by atoms with Gasteiger partial charge in [-0.05, 0) is 74.2 Å². The first-order chi connectivity index (χ1) is 15.9. The standard InChI is InChI=1S/C30H46F2O/c1-3-5-6-7-8-9-23-10-12-24(13-11-23)25-14-16-26(17-15-25)27-18-20-28(21-19-27)29(33)30(31,32)22-4-2/h18-21,23-26H,3-17,22H2,1-2H3/t23-,24-,25?,26?. The molecule has 33 heavy (non-hydrogen) atoms. The monoisotopic (exact) mass is 460 g/mol. The number of hydrogen-bond donors (Lipinski definition) is 0. The van der Waals surface area contributed by atoms with E-state index in [0.717, 1.165) is 17.8 Å². The van der Waals surface area contributed by atoms with Gasteiger partial charge < -0.3 is 0 Å². The average Bonchev–Trinajstić information content (AvgIpc) is 2.84. The smallest absolute Gasteiger partial charge is 0.287 e. The molecule has 1 nitrogen and oxygen atoms in total. The van der Waals surface area contributed by atoms with E-state index in [1.807, 2.05) is 12.1 Å². The van der Waals surface area contributed by atoms with Crippen LogP contribution in [0.3, 0.4) is 0 Å². The summed E-state index contributed by atoms with van der Waals surface area (Å²) in [5.41, 5.74) is 1.36. The number of hydrogen-bond acceptors (Lipinski definition) is 1. The fraction of sp³-hybridized carbons (Fsp3) is 0.767. The van der Waals surface area contributed by atoms with Gasteiger partial charge in [-0.3, -0.25) is 4.79 Å². The maximum Gasteiger partial charge on any atom is 0.309 e. The lowest BCUT2D eigenvalue weighted by Gasteiger charge is -2.38. The average molecular weight is 461 g/mol. The first kappa shape index (κ1) is 26.4. The Balaban J connectivity index is 1.40. The second-order valence-corrected chi connectivity index (χ2v) is 11.0. The second kappa shape index (κ2) is 13.0. The first-order valence-electron chi connectivity index (χ1n) is 14.0. The topological polar surface area (TPSA) is 17.1 Å². The molecular formula is C30H46F2O. The van der Waals surface area contributed by atoms with Gasteiger partial charge in [0.2, 0.25) is 5.78 Å². The van der Waals surface area contributed by atoms with Crippen LogP contribution in [0.1, 0.15) is 138 Å². The summed E-state index contributed by atoms with van der Waals surface area (Å²) in [6, 6.07) is 7.09. The van der Waals surface area contributed by atoms with Crippen LogP contribution in [0.5, 0.6) is 0 Å². The Morgan fingerprint density at radius 1 is 0.788 bits per heavy atom. The van der Waals surface area contributed by atoms with E-state index in [4.69, 9.17) is 0 Å². The number of ketones is 1. The van der Waals surface area contributed by atoms with Crippen LogP contribution in [0, 0.1) is 17.8 Å². The molecule has 0 radical (unpaired) electrons. The minimum absolute atomic E-state index is 0.146. The van der Waals surface area contributed by atoms with E-state index in [-0.39, 0.29) is 12.0 Å². The van der Waals surface area contributed by atoms with Gasteiger partial charge in [-0.25, -0.2) is 0 Å². The van der Waals surface area contributed by atoms with E-state index in [0.29, 0.717) is 12.3 Å². The zero-order valence-electron chi connectivity index (χ0n) is 21.1. The Kier molecular flexibility index (Phi) is 10.4. The molecule has 0 unspecified atom stereocenters. The van der Waals surface area contributed by atoms with Crippen molar-refractivity contribution in [2.75, 3.05) is 0 Å². The van der Waals surface area contributed by atoms with Gasteiger partial charge in [0.1, 0.15) is 0 Å². The van der Waals surface area contributed by atoms with Crippen molar-refractivity contribution >= 4 is 5.78 Å². The van der Waals surface area contributed by atoms with Gasteiger partial charge in [0, 0.05) is 12.0 Å². The second-order valence-electron chi connectivity index (χ2n) is 11.0. The molecule has 0 heterocycles. The minimum Gasteiger partial charge on any atom is -0.287 e. The highest BCUT2D eigenvalue weighted by Crippen LogP contribution is 2.44. The van der Waals surface area contributed by atoms with Crippen molar-refractivity contribution in [1.82, 2.24) is 0 Å². The molecule has 2 saturated carbocycles. The summed E-state index contributed by atoms with van der Waals surface area (Å²) in [6.07, 6.45) is 19.1. The summed E-state index contributed by atoms with van der Waals surface area (Å²) in [5.74, 6) is -0.992. The van der Waals surface area contributed by atoms with Crippen LogP contribution in [-0.4, -0.2) is 11.7 Å². The van der Waals surface area contributed by atoms with Crippen molar-refractivity contribution in [1.29, 1.82) is 0 Å². The fourth-order valence-electron chi connectivity index (χ4n) is 6.45. The largest absolute Gasteiger partial charge is 0.309 e. The Morgan fingerprint density at radius 3 is 1.94 bits per heavy atom. The van der Waals surface area contributed by atoms with E-state index >= 15 is 0 Å². The van der Waals surface area contributed by atoms with Crippen molar-refractivity contribution in [2.24, 2.45) is 17.8 Å². The van der Waals surface area contributed by atoms with Gasteiger partial charge in [-0.2, -0.15) is 8.78 Å². The normalized spacial score (nSPS) is 26.3. The Bertz CT molecular complexity index is 695. The number of benzene rings is 1. The lowest BCUT2D eigenvalue weighted by atomic mass is 9.68. The molecule has 1 aromatic rings. The molecule has 0 spiro atoms. The molecule has 2 aliphatic carbocycles. The third-order valence-corrected chi connectivity index (χ3v) is 8.59. The van der Waals surface area contributed by atoms with E-state index in [1.165, 1.54) is 95.5 Å². The van der Waals surface area contributed by atoms with Gasteiger partial charge in [0.15, 0.2) is 0 Å². The van der Waals surface area contributed by atoms with Gasteiger partial charge in [0.05, 0.1) is 0 Å². The molecule has 3 rings (SSSR count). The maximum atomic E-state index is 14.0. The van der Waals surface area contributed by atoms with E-state index in [2.05, 4.69) is 6.92 Å². The van der Waals surface area contributed by atoms with Crippen molar-refractivity contribution < 1.29 is 13.6 Å². The number of rotatable bonds is 12. The molecule has 0 atom stereocenters. The highest BCUT2D eigenvalue weighted by molar-refractivity contribution is 6.01. The summed E-state index contributed by atoms with van der Waals surface area (Å²) in [6.45, 7) is 3.97. The van der Waals surface area contributed by atoms with Crippen LogP contribution in [-0.2, 0) is 0 Å². The van der Waals surface area contributed by atoms with Crippen LogP contribution in [0.4, 0.5) is 8.78 Å². The van der Waals surface area contributed by atoms with Crippen LogP contribution < -0.4 is 0 Å². The number of unbranched alkanes of at least 4 members (excludes halogenated alkanes) is 4. The van der Waals surface area contributed by atoms with Gasteiger partial charge in [-0.1, -0.05) is 89.5 Å². The van der Waals surface area contributed by atoms with Gasteiger partial charge >= 0.3 is 5.92 Å². The third-order valence-electron chi connectivity index (χ3n) is 8.59. The molecule has 2 fully saturated rings. The summed E-state index contributed by atoms with van der Waals surface area (Å²) in [7, 11) is 0. The van der Waals surface area contributed by atoms with Crippen molar-refractivity contribution in [2.45, 2.75) is 128 Å². The van der Waals surface area contributed by atoms with Crippen LogP contribution >= 0.6 is 0 Å². The molecule has 0 bridgehead atoms. The summed E-state index contributed by atoms with van der Waals surface area (Å²) < 4.78 is 27.9. The number of alkyl halides is 2. The third kappa shape index (κ3) is 7.62. The first-order valence-corrected chi connectivity index (χ1v) is 14.0. The maximum absolute atomic E-state index is 14.0. The van der Waals surface area contributed by atoms with E-state index in [1.54, 1.807) is 19.1 Å². The quantitative estimate of drug-likeness (QED) is 0.224. The summed E-state index contributed by atoms with van der Waals surface area (Å²) in [5, 5.41) is 0. The molecule has 3 heteroatoms. The van der Waals surface area contributed by atoms with E-state index in [9.17, 15) is 13.6 Å². The van der Waals surface area contributed by atoms with Crippen molar-refractivity contribution in [3.8, 4) is 0 Å². The summed E-state index contributed by atoms with van der Waals surface area (Å²) >= 11 is 0. The minimum atomic E-state index is -3.25. The number of Topliss-reactive ketones (excluding diaryl/α,β-unsaturated/α-hetero) is 1. The van der Waals surface area contributed by atoms with Gasteiger partial charge in [0.25, 0.3) is 0 Å². The fourth-order valence-corrected chi connectivity index (χ4v) is 6.45. The highest BCUT2D eigenvalue weighted by atomic mass is 19.3. The molecule has 0 aliphatic heterocycles. The molecule has 0 N–H and O–H groups in total. The Hall–Kier alpha value is -1.25. The van der Waals surface area contributed by atoms with Crippen molar-refractivity contribution in [3.63, 3.8) is 0 Å². The Morgan fingerprint density at radius 2 is 1.36 bits per heavy atom. The molecular weight excluding hydrogens is 414 g/mol. The molecule has 186 valence electrons. The van der Waals surface area contributed by atoms with Crippen LogP contribution in [0.2, 0.25) is 0 Å². The lowest BCUT2D eigenvalue weighted by molar-refractivity contribution is 0.00453. The molecule has 2 aliphatic rings. The predicted molar refractivity (Wildman–Crippen MR) is 134 cm³/mol. The predicted octanol–water partition coefficient (Wildman–Crippen LogP) is 9.75. The summed E-state index contributed by atoms with van der Waals surface area (Å²) in [4.78, 5) is 12.1. The molecule has 1 aromatic carbocycles. The zero-order valence-corrected chi connectivity index (χ0v) is 21.1. The van der Waals surface area contributed by atoms with E-state index < -0.39 is 11.7 Å². The zero-order chi connectivity index (χ0) is 23.7. The van der Waals surface area contributed by atoms with Crippen LogP contribution in [0.25, 0.3) is 0 Å². The lowest BCUT2D eigenvalue weighted by Crippen LogP contribution is -2.28. The molecule has 0 saturated heterocycles. The van der Waals surface area contributed by atoms with Crippen LogP contribution in [0.15, 0.2) is 24.3 Å². The number of carbonyl (C=O) groups is 1. The number of halogens is 2. The SMILES string of the molecule is CCCCCCC[C@H]1CC[C@H](C2CCC(c3ccc(C(=O)C(F)(F)CCC)cc3)CC2)CC1. The Labute approximate surface area is 201 Å². The van der Waals surface area contributed by atoms with Crippen molar-refractivity contribution in [3.05, 3.63) is 35.4 Å². The molecule has 0 amide bonds. The number of carbonyl (C=O) groups excluding carboxylic acids is 1. The molecule has 0 aromatic heterocycles. The highest BCUT2D eigenvalue weighted by Gasteiger charge is 2.38. The van der Waals surface area contributed by atoms with Gasteiger partial charge in [-0.15, -0.1) is 0 Å².